The Bertz CT molecular complexity index is 1060. The van der Waals surface area contributed by atoms with Crippen LogP contribution in [0.15, 0.2) is 48.5 Å². The van der Waals surface area contributed by atoms with Crippen molar-refractivity contribution in [2.45, 2.75) is 45.2 Å². The Morgan fingerprint density at radius 2 is 1.26 bits per heavy atom. The van der Waals surface area contributed by atoms with Crippen LogP contribution in [0, 0.1) is 35.0 Å². The van der Waals surface area contributed by atoms with E-state index in [1.807, 2.05) is 12.1 Å². The summed E-state index contributed by atoms with van der Waals surface area (Å²) in [6.07, 6.45) is 4.92. The van der Waals surface area contributed by atoms with Gasteiger partial charge in [-0.05, 0) is 53.5 Å². The fourth-order valence-electron chi connectivity index (χ4n) is 4.02. The van der Waals surface area contributed by atoms with Gasteiger partial charge in [0.25, 0.3) is 0 Å². The zero-order valence-corrected chi connectivity index (χ0v) is 18.4. The molecule has 8 heteroatoms. The lowest BCUT2D eigenvalue weighted by Crippen LogP contribution is -2.10. The van der Waals surface area contributed by atoms with Gasteiger partial charge in [-0.25, -0.2) is 26.3 Å². The van der Waals surface area contributed by atoms with Gasteiger partial charge in [-0.2, -0.15) is 0 Å². The van der Waals surface area contributed by atoms with Crippen LogP contribution in [-0.2, 0) is 6.67 Å². The zero-order valence-electron chi connectivity index (χ0n) is 18.4. The molecule has 0 atom stereocenters. The molecule has 1 nitrogen and oxygen atoms in total. The van der Waals surface area contributed by atoms with Crippen molar-refractivity contribution in [2.24, 2.45) is 5.92 Å². The van der Waals surface area contributed by atoms with E-state index in [0.717, 1.165) is 11.5 Å². The van der Waals surface area contributed by atoms with E-state index in [-0.39, 0.29) is 0 Å². The van der Waals surface area contributed by atoms with Crippen LogP contribution in [0.5, 0.6) is 5.75 Å². The van der Waals surface area contributed by atoms with Gasteiger partial charge in [-0.1, -0.05) is 44.0 Å². The van der Waals surface area contributed by atoms with E-state index in [0.29, 0.717) is 23.6 Å². The SMILES string of the molecule is CC1CCC(c2ccc(-c3cc(F)c(CF)c(F)c3)cc2)CC1.FOc1cc(F)c(F)c(F)c1. The molecule has 182 valence electrons. The molecule has 0 amide bonds. The summed E-state index contributed by atoms with van der Waals surface area (Å²) in [5.74, 6) is -5.59. The maximum atomic E-state index is 13.7. The van der Waals surface area contributed by atoms with Gasteiger partial charge in [0.1, 0.15) is 18.3 Å². The van der Waals surface area contributed by atoms with Crippen LogP contribution in [-0.4, -0.2) is 0 Å². The van der Waals surface area contributed by atoms with E-state index in [4.69, 9.17) is 0 Å². The number of alkyl halides is 1. The second-order valence-corrected chi connectivity index (χ2v) is 8.41. The van der Waals surface area contributed by atoms with Crippen molar-refractivity contribution in [1.29, 1.82) is 0 Å². The highest BCUT2D eigenvalue weighted by Gasteiger charge is 2.20. The third-order valence-corrected chi connectivity index (χ3v) is 6.05. The van der Waals surface area contributed by atoms with Gasteiger partial charge in [0, 0.05) is 16.7 Å². The third-order valence-electron chi connectivity index (χ3n) is 6.05. The van der Waals surface area contributed by atoms with E-state index in [1.54, 1.807) is 0 Å². The van der Waals surface area contributed by atoms with Gasteiger partial charge in [0.15, 0.2) is 23.2 Å². The fraction of sp³-hybridized carbons (Fsp3) is 0.308. The molecule has 0 bridgehead atoms. The molecular formula is C26H23F7O. The average molecular weight is 484 g/mol. The van der Waals surface area contributed by atoms with Crippen molar-refractivity contribution in [3.8, 4) is 16.9 Å². The summed E-state index contributed by atoms with van der Waals surface area (Å²) in [7, 11) is 0. The third kappa shape index (κ3) is 6.10. The Hall–Kier alpha value is -3.03. The minimum Gasteiger partial charge on any atom is -0.294 e. The number of halogens is 7. The van der Waals surface area contributed by atoms with Crippen LogP contribution in [0.1, 0.15) is 49.7 Å². The summed E-state index contributed by atoms with van der Waals surface area (Å²) < 4.78 is 87.7. The predicted octanol–water partition coefficient (Wildman–Crippen LogP) is 8.76. The molecule has 0 N–H and O–H groups in total. The highest BCUT2D eigenvalue weighted by Crippen LogP contribution is 2.36. The van der Waals surface area contributed by atoms with Crippen molar-refractivity contribution in [3.05, 3.63) is 88.7 Å². The summed E-state index contributed by atoms with van der Waals surface area (Å²) in [5.41, 5.74) is 1.99. The van der Waals surface area contributed by atoms with Gasteiger partial charge >= 0.3 is 0 Å². The molecule has 3 aromatic carbocycles. The minimum absolute atomic E-state index is 0.401. The van der Waals surface area contributed by atoms with Gasteiger partial charge in [-0.3, -0.25) is 4.94 Å². The standard InChI is InChI=1S/C20H21F3.C6H2F4O/c1-13-2-4-14(5-3-13)15-6-8-16(9-7-15)17-10-19(22)18(12-21)20(23)11-17;7-4-1-3(11-10)2-5(8)6(4)9/h6-11,13-14H,2-5,12H2,1H3;1-2H. The second-order valence-electron chi connectivity index (χ2n) is 8.41. The molecule has 0 aliphatic heterocycles. The van der Waals surface area contributed by atoms with Crippen LogP contribution < -0.4 is 4.94 Å². The summed E-state index contributed by atoms with van der Waals surface area (Å²) in [4.78, 5) is 2.98. The van der Waals surface area contributed by atoms with Crippen molar-refractivity contribution in [2.75, 3.05) is 0 Å². The lowest BCUT2D eigenvalue weighted by Gasteiger charge is -2.26. The van der Waals surface area contributed by atoms with Crippen LogP contribution in [0.25, 0.3) is 11.1 Å². The van der Waals surface area contributed by atoms with Crippen LogP contribution in [0.3, 0.4) is 0 Å². The molecule has 4 rings (SSSR count). The summed E-state index contributed by atoms with van der Waals surface area (Å²) in [6, 6.07) is 11.1. The topological polar surface area (TPSA) is 9.23 Å². The maximum absolute atomic E-state index is 13.7. The quantitative estimate of drug-likeness (QED) is 0.266. The summed E-state index contributed by atoms with van der Waals surface area (Å²) >= 11 is 0. The first-order valence-electron chi connectivity index (χ1n) is 10.8. The van der Waals surface area contributed by atoms with Crippen molar-refractivity contribution in [3.63, 3.8) is 0 Å². The first-order chi connectivity index (χ1) is 16.2. The first kappa shape index (κ1) is 25.6. The highest BCUT2D eigenvalue weighted by atomic mass is 19.3. The van der Waals surface area contributed by atoms with Crippen LogP contribution >= 0.6 is 0 Å². The van der Waals surface area contributed by atoms with E-state index < -0.39 is 47.1 Å². The van der Waals surface area contributed by atoms with Gasteiger partial charge < -0.3 is 0 Å². The second kappa shape index (κ2) is 11.4. The smallest absolute Gasteiger partial charge is 0.194 e. The van der Waals surface area contributed by atoms with Crippen molar-refractivity contribution < 1.29 is 35.8 Å². The Morgan fingerprint density at radius 3 is 1.74 bits per heavy atom. The average Bonchev–Trinajstić information content (AvgIpc) is 2.83. The largest absolute Gasteiger partial charge is 0.294 e. The molecule has 0 radical (unpaired) electrons. The maximum Gasteiger partial charge on any atom is 0.194 e. The van der Waals surface area contributed by atoms with E-state index in [1.165, 1.54) is 43.4 Å². The van der Waals surface area contributed by atoms with E-state index in [9.17, 15) is 30.9 Å². The monoisotopic (exact) mass is 484 g/mol. The molecule has 34 heavy (non-hydrogen) atoms. The highest BCUT2D eigenvalue weighted by molar-refractivity contribution is 5.64. The molecule has 0 unspecified atom stereocenters. The van der Waals surface area contributed by atoms with Crippen molar-refractivity contribution >= 4 is 0 Å². The Labute approximate surface area is 193 Å². The van der Waals surface area contributed by atoms with Crippen LogP contribution in [0.2, 0.25) is 0 Å². The molecule has 0 heterocycles. The molecule has 1 saturated carbocycles. The molecule has 1 aliphatic rings. The predicted molar refractivity (Wildman–Crippen MR) is 115 cm³/mol. The summed E-state index contributed by atoms with van der Waals surface area (Å²) in [6.45, 7) is 1.17. The molecule has 0 aromatic heterocycles. The number of hydrogen-bond acceptors (Lipinski definition) is 1. The number of benzene rings is 3. The molecule has 0 saturated heterocycles. The summed E-state index contributed by atoms with van der Waals surface area (Å²) in [5, 5.41) is 0. The Kier molecular flexibility index (Phi) is 8.58. The molecule has 3 aromatic rings. The normalized spacial score (nSPS) is 17.6. The van der Waals surface area contributed by atoms with E-state index >= 15 is 0 Å². The Balaban J connectivity index is 0.000000248. The lowest BCUT2D eigenvalue weighted by molar-refractivity contribution is -0.00711. The fourth-order valence-corrected chi connectivity index (χ4v) is 4.02. The molecular weight excluding hydrogens is 461 g/mol. The zero-order chi connectivity index (χ0) is 24.8. The van der Waals surface area contributed by atoms with Crippen molar-refractivity contribution in [1.82, 2.24) is 0 Å². The van der Waals surface area contributed by atoms with Gasteiger partial charge in [-0.15, -0.1) is 0 Å². The molecule has 1 aliphatic carbocycles. The lowest BCUT2D eigenvalue weighted by atomic mass is 9.79. The molecule has 1 fully saturated rings. The van der Waals surface area contributed by atoms with Crippen LogP contribution in [0.4, 0.5) is 30.9 Å². The molecule has 0 spiro atoms. The van der Waals surface area contributed by atoms with Gasteiger partial charge in [0.05, 0.1) is 5.56 Å². The van der Waals surface area contributed by atoms with Gasteiger partial charge in [0.2, 0.25) is 0 Å². The number of rotatable bonds is 4. The minimum atomic E-state index is -1.65. The number of hydrogen-bond donors (Lipinski definition) is 0. The first-order valence-corrected chi connectivity index (χ1v) is 10.8. The Morgan fingerprint density at radius 1 is 0.735 bits per heavy atom. The van der Waals surface area contributed by atoms with E-state index in [2.05, 4.69) is 24.0 Å².